The van der Waals surface area contributed by atoms with Gasteiger partial charge in [-0.1, -0.05) is 18.5 Å². The number of hydrogen-bond acceptors (Lipinski definition) is 3. The largest absolute Gasteiger partial charge is 0.481 e. The van der Waals surface area contributed by atoms with E-state index in [9.17, 15) is 14.4 Å². The molecule has 7 nitrogen and oxygen atoms in total. The van der Waals surface area contributed by atoms with Crippen LogP contribution in [0.15, 0.2) is 12.3 Å². The van der Waals surface area contributed by atoms with Crippen molar-refractivity contribution in [2.45, 2.75) is 38.8 Å². The standard InChI is InChI=1S/C13H17ClN2O5/c1-2-5-16-7-8(14)6-10(16)12(19)15-9(13(20)21)3-4-11(17)18/h6-7,9H,2-5H2,1H3,(H,15,19)(H,17,18)(H,20,21). The molecule has 8 heteroatoms. The fourth-order valence-corrected chi connectivity index (χ4v) is 2.07. The molecule has 0 saturated heterocycles. The van der Waals surface area contributed by atoms with Crippen LogP contribution in [0.5, 0.6) is 0 Å². The first-order valence-corrected chi connectivity index (χ1v) is 6.84. The summed E-state index contributed by atoms with van der Waals surface area (Å²) in [7, 11) is 0. The van der Waals surface area contributed by atoms with Gasteiger partial charge in [0, 0.05) is 19.2 Å². The number of aryl methyl sites for hydroxylation is 1. The van der Waals surface area contributed by atoms with Crippen LogP contribution >= 0.6 is 11.6 Å². The predicted molar refractivity (Wildman–Crippen MR) is 75.5 cm³/mol. The molecule has 0 spiro atoms. The molecule has 0 aliphatic carbocycles. The fraction of sp³-hybridized carbons (Fsp3) is 0.462. The van der Waals surface area contributed by atoms with E-state index in [1.165, 1.54) is 6.07 Å². The van der Waals surface area contributed by atoms with Gasteiger partial charge in [0.25, 0.3) is 5.91 Å². The highest BCUT2D eigenvalue weighted by Crippen LogP contribution is 2.15. The van der Waals surface area contributed by atoms with E-state index in [0.29, 0.717) is 11.6 Å². The normalized spacial score (nSPS) is 11.9. The van der Waals surface area contributed by atoms with Gasteiger partial charge in [0.2, 0.25) is 0 Å². The molecular formula is C13H17ClN2O5. The number of nitrogens with one attached hydrogen (secondary N) is 1. The summed E-state index contributed by atoms with van der Waals surface area (Å²) in [6.45, 7) is 2.50. The van der Waals surface area contributed by atoms with Gasteiger partial charge in [-0.05, 0) is 18.9 Å². The van der Waals surface area contributed by atoms with Crippen molar-refractivity contribution >= 4 is 29.4 Å². The number of carbonyl (C=O) groups excluding carboxylic acids is 1. The molecule has 0 saturated carbocycles. The lowest BCUT2D eigenvalue weighted by molar-refractivity contribution is -0.140. The maximum atomic E-state index is 12.1. The zero-order valence-corrected chi connectivity index (χ0v) is 12.3. The van der Waals surface area contributed by atoms with Gasteiger partial charge in [-0.15, -0.1) is 0 Å². The molecule has 1 unspecified atom stereocenters. The third-order valence-corrected chi connectivity index (χ3v) is 3.02. The SMILES string of the molecule is CCCn1cc(Cl)cc1C(=O)NC(CCC(=O)O)C(=O)O. The molecule has 0 aliphatic heterocycles. The molecule has 3 N–H and O–H groups in total. The van der Waals surface area contributed by atoms with Crippen molar-refractivity contribution in [2.75, 3.05) is 0 Å². The molecule has 116 valence electrons. The monoisotopic (exact) mass is 316 g/mol. The molecule has 0 aliphatic rings. The second-order valence-corrected chi connectivity index (χ2v) is 4.97. The Morgan fingerprint density at radius 1 is 1.38 bits per heavy atom. The number of carboxylic acid groups (broad SMARTS) is 2. The molecule has 0 aromatic carbocycles. The van der Waals surface area contributed by atoms with Gasteiger partial charge in [0.1, 0.15) is 11.7 Å². The van der Waals surface area contributed by atoms with Crippen molar-refractivity contribution in [1.29, 1.82) is 0 Å². The molecule has 1 aromatic rings. The van der Waals surface area contributed by atoms with Gasteiger partial charge in [-0.2, -0.15) is 0 Å². The first-order valence-electron chi connectivity index (χ1n) is 6.46. The maximum Gasteiger partial charge on any atom is 0.326 e. The minimum atomic E-state index is -1.27. The summed E-state index contributed by atoms with van der Waals surface area (Å²) in [5.74, 6) is -2.98. The lowest BCUT2D eigenvalue weighted by atomic mass is 10.1. The summed E-state index contributed by atoms with van der Waals surface area (Å²) in [6.07, 6.45) is 1.85. The Morgan fingerprint density at radius 3 is 2.57 bits per heavy atom. The summed E-state index contributed by atoms with van der Waals surface area (Å²) in [5.41, 5.74) is 0.253. The predicted octanol–water partition coefficient (Wildman–Crippen LogP) is 1.60. The first kappa shape index (κ1) is 17.0. The van der Waals surface area contributed by atoms with Crippen LogP contribution in [0.4, 0.5) is 0 Å². The fourth-order valence-electron chi connectivity index (χ4n) is 1.85. The Morgan fingerprint density at radius 2 is 2.05 bits per heavy atom. The van der Waals surface area contributed by atoms with Crippen molar-refractivity contribution in [1.82, 2.24) is 9.88 Å². The average molecular weight is 317 g/mol. The Balaban J connectivity index is 2.81. The molecule has 0 radical (unpaired) electrons. The van der Waals surface area contributed by atoms with Crippen LogP contribution < -0.4 is 5.32 Å². The zero-order chi connectivity index (χ0) is 16.0. The van der Waals surface area contributed by atoms with Crippen LogP contribution in [0.2, 0.25) is 5.02 Å². The molecule has 21 heavy (non-hydrogen) atoms. The number of rotatable bonds is 8. The van der Waals surface area contributed by atoms with Crippen molar-refractivity contribution in [3.63, 3.8) is 0 Å². The lowest BCUT2D eigenvalue weighted by Gasteiger charge is -2.14. The van der Waals surface area contributed by atoms with Crippen molar-refractivity contribution in [3.05, 3.63) is 23.0 Å². The van der Waals surface area contributed by atoms with E-state index in [4.69, 9.17) is 21.8 Å². The number of aliphatic carboxylic acids is 2. The first-order chi connectivity index (χ1) is 9.85. The van der Waals surface area contributed by atoms with Gasteiger partial charge in [0.05, 0.1) is 5.02 Å². The average Bonchev–Trinajstić information content (AvgIpc) is 2.75. The van der Waals surface area contributed by atoms with E-state index in [1.54, 1.807) is 10.8 Å². The van der Waals surface area contributed by atoms with Crippen molar-refractivity contribution in [2.24, 2.45) is 0 Å². The Bertz CT molecular complexity index is 541. The highest BCUT2D eigenvalue weighted by atomic mass is 35.5. The van der Waals surface area contributed by atoms with E-state index in [-0.39, 0.29) is 18.5 Å². The lowest BCUT2D eigenvalue weighted by Crippen LogP contribution is -2.41. The number of carboxylic acids is 2. The van der Waals surface area contributed by atoms with Crippen LogP contribution in [0.1, 0.15) is 36.7 Å². The van der Waals surface area contributed by atoms with Gasteiger partial charge in [-0.25, -0.2) is 4.79 Å². The van der Waals surface area contributed by atoms with Gasteiger partial charge >= 0.3 is 11.9 Å². The molecule has 1 amide bonds. The van der Waals surface area contributed by atoms with Crippen LogP contribution in [0, 0.1) is 0 Å². The van der Waals surface area contributed by atoms with Crippen LogP contribution in [0.3, 0.4) is 0 Å². The van der Waals surface area contributed by atoms with Crippen LogP contribution in [-0.4, -0.2) is 38.7 Å². The number of amides is 1. The number of nitrogens with zero attached hydrogens (tertiary/aromatic N) is 1. The van der Waals surface area contributed by atoms with Gasteiger partial charge in [-0.3, -0.25) is 9.59 Å². The molecule has 0 fully saturated rings. The number of carbonyl (C=O) groups is 3. The Labute approximate surface area is 126 Å². The summed E-state index contributed by atoms with van der Waals surface area (Å²) >= 11 is 5.85. The van der Waals surface area contributed by atoms with Crippen molar-refractivity contribution in [3.8, 4) is 0 Å². The summed E-state index contributed by atoms with van der Waals surface area (Å²) in [4.78, 5) is 33.7. The minimum Gasteiger partial charge on any atom is -0.481 e. The van der Waals surface area contributed by atoms with E-state index in [2.05, 4.69) is 5.32 Å². The smallest absolute Gasteiger partial charge is 0.326 e. The second kappa shape index (κ2) is 7.68. The highest BCUT2D eigenvalue weighted by molar-refractivity contribution is 6.31. The Hall–Kier alpha value is -2.02. The highest BCUT2D eigenvalue weighted by Gasteiger charge is 2.23. The van der Waals surface area contributed by atoms with Crippen LogP contribution in [0.25, 0.3) is 0 Å². The minimum absolute atomic E-state index is 0.182. The van der Waals surface area contributed by atoms with Crippen LogP contribution in [-0.2, 0) is 16.1 Å². The quantitative estimate of drug-likeness (QED) is 0.675. The van der Waals surface area contributed by atoms with E-state index < -0.39 is 23.9 Å². The molecular weight excluding hydrogens is 300 g/mol. The van der Waals surface area contributed by atoms with E-state index in [1.807, 2.05) is 6.92 Å². The van der Waals surface area contributed by atoms with Gasteiger partial charge < -0.3 is 20.1 Å². The second-order valence-electron chi connectivity index (χ2n) is 4.53. The van der Waals surface area contributed by atoms with E-state index in [0.717, 1.165) is 6.42 Å². The number of aromatic nitrogens is 1. The Kier molecular flexibility index (Phi) is 6.23. The third kappa shape index (κ3) is 5.11. The maximum absolute atomic E-state index is 12.1. The summed E-state index contributed by atoms with van der Waals surface area (Å²) in [6, 6.07) is 0.195. The zero-order valence-electron chi connectivity index (χ0n) is 11.5. The summed E-state index contributed by atoms with van der Waals surface area (Å²) in [5, 5.41) is 20.3. The summed E-state index contributed by atoms with van der Waals surface area (Å²) < 4.78 is 1.63. The molecule has 1 atom stereocenters. The van der Waals surface area contributed by atoms with E-state index >= 15 is 0 Å². The molecule has 1 rings (SSSR count). The number of halogens is 1. The topological polar surface area (TPSA) is 109 Å². The molecule has 1 heterocycles. The third-order valence-electron chi connectivity index (χ3n) is 2.81. The molecule has 0 bridgehead atoms. The van der Waals surface area contributed by atoms with Gasteiger partial charge in [0.15, 0.2) is 0 Å². The molecule has 1 aromatic heterocycles. The van der Waals surface area contributed by atoms with Crippen molar-refractivity contribution < 1.29 is 24.6 Å². The number of hydrogen-bond donors (Lipinski definition) is 3.